The summed E-state index contributed by atoms with van der Waals surface area (Å²) in [5.74, 6) is 0. The first-order valence-corrected chi connectivity index (χ1v) is 4.06. The van der Waals surface area contributed by atoms with Gasteiger partial charge in [-0.3, -0.25) is 5.26 Å². The number of aryl methyl sites for hydroxylation is 2. The first kappa shape index (κ1) is 9.23. The first-order valence-electron chi connectivity index (χ1n) is 4.06. The summed E-state index contributed by atoms with van der Waals surface area (Å²) in [5, 5.41) is 8.17. The molecule has 1 aromatic carbocycles. The largest absolute Gasteiger partial charge is 0.252 e. The molecule has 0 unspecified atom stereocenters. The van der Waals surface area contributed by atoms with E-state index in [2.05, 4.69) is 36.9 Å². The van der Waals surface area contributed by atoms with E-state index in [0.29, 0.717) is 6.61 Å². The van der Waals surface area contributed by atoms with Crippen molar-refractivity contribution in [1.29, 1.82) is 0 Å². The van der Waals surface area contributed by atoms with Crippen LogP contribution >= 0.6 is 0 Å². The highest BCUT2D eigenvalue weighted by Crippen LogP contribution is 2.10. The van der Waals surface area contributed by atoms with Gasteiger partial charge in [0.25, 0.3) is 0 Å². The zero-order valence-electron chi connectivity index (χ0n) is 7.50. The Morgan fingerprint density at radius 1 is 1.33 bits per heavy atom. The Kier molecular flexibility index (Phi) is 3.26. The second-order valence-electron chi connectivity index (χ2n) is 3.01. The first-order chi connectivity index (χ1) is 5.74. The van der Waals surface area contributed by atoms with Gasteiger partial charge in [0.15, 0.2) is 0 Å². The van der Waals surface area contributed by atoms with Crippen molar-refractivity contribution < 1.29 is 10.1 Å². The molecule has 0 amide bonds. The van der Waals surface area contributed by atoms with Crippen LogP contribution in [0.5, 0.6) is 0 Å². The van der Waals surface area contributed by atoms with E-state index in [-0.39, 0.29) is 0 Å². The van der Waals surface area contributed by atoms with Gasteiger partial charge < -0.3 is 0 Å². The maximum absolute atomic E-state index is 8.17. The van der Waals surface area contributed by atoms with Crippen molar-refractivity contribution in [2.24, 2.45) is 0 Å². The molecule has 2 heteroatoms. The van der Waals surface area contributed by atoms with Gasteiger partial charge in [-0.15, -0.1) is 0 Å². The Bertz CT molecular complexity index is 256. The number of benzene rings is 1. The van der Waals surface area contributed by atoms with Gasteiger partial charge in [0.1, 0.15) is 0 Å². The lowest BCUT2D eigenvalue weighted by Crippen LogP contribution is -1.97. The standard InChI is InChI=1S/C10H14O2/c1-8-3-4-10(5-6-12-11)9(2)7-8/h3-4,7,11H,5-6H2,1-2H3. The second-order valence-corrected chi connectivity index (χ2v) is 3.01. The number of rotatable bonds is 3. The predicted molar refractivity (Wildman–Crippen MR) is 48.2 cm³/mol. The molecule has 0 aliphatic rings. The van der Waals surface area contributed by atoms with Crippen LogP contribution in [0.1, 0.15) is 16.7 Å². The lowest BCUT2D eigenvalue weighted by atomic mass is 10.0. The van der Waals surface area contributed by atoms with Gasteiger partial charge in [0, 0.05) is 0 Å². The Balaban J connectivity index is 2.72. The smallest absolute Gasteiger partial charge is 0.0860 e. The molecule has 2 nitrogen and oxygen atoms in total. The summed E-state index contributed by atoms with van der Waals surface area (Å²) in [6.45, 7) is 4.50. The van der Waals surface area contributed by atoms with Crippen molar-refractivity contribution >= 4 is 0 Å². The molecular weight excluding hydrogens is 152 g/mol. The summed E-state index contributed by atoms with van der Waals surface area (Å²) in [5.41, 5.74) is 3.75. The third-order valence-electron chi connectivity index (χ3n) is 1.96. The van der Waals surface area contributed by atoms with Crippen molar-refractivity contribution in [1.82, 2.24) is 0 Å². The lowest BCUT2D eigenvalue weighted by Gasteiger charge is -2.04. The Hall–Kier alpha value is -0.860. The molecule has 0 saturated heterocycles. The third kappa shape index (κ3) is 2.32. The Morgan fingerprint density at radius 2 is 2.08 bits per heavy atom. The van der Waals surface area contributed by atoms with E-state index in [4.69, 9.17) is 5.26 Å². The number of hydrogen-bond donors (Lipinski definition) is 1. The SMILES string of the molecule is Cc1ccc(CCOO)c(C)c1. The molecule has 12 heavy (non-hydrogen) atoms. The monoisotopic (exact) mass is 166 g/mol. The fourth-order valence-electron chi connectivity index (χ4n) is 1.28. The van der Waals surface area contributed by atoms with Gasteiger partial charge >= 0.3 is 0 Å². The van der Waals surface area contributed by atoms with E-state index in [1.165, 1.54) is 16.7 Å². The summed E-state index contributed by atoms with van der Waals surface area (Å²) in [6.07, 6.45) is 0.766. The summed E-state index contributed by atoms with van der Waals surface area (Å²) < 4.78 is 0. The van der Waals surface area contributed by atoms with Crippen LogP contribution < -0.4 is 0 Å². The normalized spacial score (nSPS) is 10.2. The maximum atomic E-state index is 8.17. The zero-order valence-corrected chi connectivity index (χ0v) is 7.50. The van der Waals surface area contributed by atoms with Crippen LogP contribution in [0.4, 0.5) is 0 Å². The molecule has 0 spiro atoms. The average molecular weight is 166 g/mol. The molecule has 0 saturated carbocycles. The predicted octanol–water partition coefficient (Wildman–Crippen LogP) is 2.34. The molecule has 0 fully saturated rings. The molecule has 1 aromatic rings. The minimum Gasteiger partial charge on any atom is -0.252 e. The fraction of sp³-hybridized carbons (Fsp3) is 0.400. The molecule has 1 N–H and O–H groups in total. The van der Waals surface area contributed by atoms with Gasteiger partial charge in [-0.1, -0.05) is 23.8 Å². The molecule has 0 bridgehead atoms. The summed E-state index contributed by atoms with van der Waals surface area (Å²) >= 11 is 0. The Morgan fingerprint density at radius 3 is 2.67 bits per heavy atom. The summed E-state index contributed by atoms with van der Waals surface area (Å²) in [4.78, 5) is 4.03. The Labute approximate surface area is 72.7 Å². The van der Waals surface area contributed by atoms with Crippen LogP contribution in [0.15, 0.2) is 18.2 Å². The zero-order chi connectivity index (χ0) is 8.97. The highest BCUT2D eigenvalue weighted by atomic mass is 17.1. The van der Waals surface area contributed by atoms with Crippen LogP contribution in [0.3, 0.4) is 0 Å². The highest BCUT2D eigenvalue weighted by molar-refractivity contribution is 5.30. The van der Waals surface area contributed by atoms with Gasteiger partial charge in [0.05, 0.1) is 6.61 Å². The van der Waals surface area contributed by atoms with Crippen molar-refractivity contribution in [3.8, 4) is 0 Å². The molecule has 0 aliphatic heterocycles. The lowest BCUT2D eigenvalue weighted by molar-refractivity contribution is -0.241. The summed E-state index contributed by atoms with van der Waals surface area (Å²) in [7, 11) is 0. The minimum absolute atomic E-state index is 0.365. The van der Waals surface area contributed by atoms with Crippen molar-refractivity contribution in [3.05, 3.63) is 34.9 Å². The summed E-state index contributed by atoms with van der Waals surface area (Å²) in [6, 6.07) is 6.27. The fourth-order valence-corrected chi connectivity index (χ4v) is 1.28. The van der Waals surface area contributed by atoms with E-state index in [1.54, 1.807) is 0 Å². The van der Waals surface area contributed by atoms with Crippen LogP contribution in [-0.2, 0) is 11.3 Å². The molecule has 0 radical (unpaired) electrons. The van der Waals surface area contributed by atoms with Crippen LogP contribution in [0.2, 0.25) is 0 Å². The maximum Gasteiger partial charge on any atom is 0.0860 e. The van der Waals surface area contributed by atoms with E-state index >= 15 is 0 Å². The van der Waals surface area contributed by atoms with Gasteiger partial charge in [0.2, 0.25) is 0 Å². The van der Waals surface area contributed by atoms with Crippen LogP contribution in [0.25, 0.3) is 0 Å². The molecule has 0 aliphatic carbocycles. The van der Waals surface area contributed by atoms with Gasteiger partial charge in [-0.05, 0) is 31.4 Å². The molecule has 1 rings (SSSR count). The molecule has 0 heterocycles. The minimum atomic E-state index is 0.365. The van der Waals surface area contributed by atoms with Crippen molar-refractivity contribution in [2.75, 3.05) is 6.61 Å². The topological polar surface area (TPSA) is 29.5 Å². The van der Waals surface area contributed by atoms with E-state index in [0.717, 1.165) is 6.42 Å². The molecule has 0 atom stereocenters. The van der Waals surface area contributed by atoms with E-state index in [1.807, 2.05) is 0 Å². The average Bonchev–Trinajstić information content (AvgIpc) is 2.03. The third-order valence-corrected chi connectivity index (χ3v) is 1.96. The van der Waals surface area contributed by atoms with Crippen LogP contribution in [-0.4, -0.2) is 11.9 Å². The molecule has 66 valence electrons. The van der Waals surface area contributed by atoms with Crippen molar-refractivity contribution in [2.45, 2.75) is 20.3 Å². The van der Waals surface area contributed by atoms with E-state index < -0.39 is 0 Å². The van der Waals surface area contributed by atoms with E-state index in [9.17, 15) is 0 Å². The quantitative estimate of drug-likeness (QED) is 0.551. The van der Waals surface area contributed by atoms with Crippen LogP contribution in [0, 0.1) is 13.8 Å². The highest BCUT2D eigenvalue weighted by Gasteiger charge is 1.97. The van der Waals surface area contributed by atoms with Gasteiger partial charge in [-0.2, -0.15) is 0 Å². The second kappa shape index (κ2) is 4.24. The van der Waals surface area contributed by atoms with Gasteiger partial charge in [-0.25, -0.2) is 4.89 Å². The molecule has 0 aromatic heterocycles. The van der Waals surface area contributed by atoms with Crippen molar-refractivity contribution in [3.63, 3.8) is 0 Å². The number of hydrogen-bond acceptors (Lipinski definition) is 2. The molecular formula is C10H14O2.